The van der Waals surface area contributed by atoms with E-state index in [1.165, 1.54) is 0 Å². The van der Waals surface area contributed by atoms with E-state index in [-0.39, 0.29) is 17.7 Å². The van der Waals surface area contributed by atoms with Gasteiger partial charge in [0, 0.05) is 45.5 Å². The molecule has 4 heterocycles. The Balaban J connectivity index is 1.42. The minimum atomic E-state index is 0.00593. The highest BCUT2D eigenvalue weighted by atomic mass is 16.2. The third-order valence-corrected chi connectivity index (χ3v) is 5.93. The molecule has 2 fully saturated rings. The molecule has 2 aromatic heterocycles. The van der Waals surface area contributed by atoms with Gasteiger partial charge in [0.25, 0.3) is 5.91 Å². The Morgan fingerprint density at radius 1 is 1.00 bits per heavy atom. The summed E-state index contributed by atoms with van der Waals surface area (Å²) >= 11 is 0. The maximum absolute atomic E-state index is 13.3. The Morgan fingerprint density at radius 3 is 2.37 bits per heavy atom. The van der Waals surface area contributed by atoms with Crippen LogP contribution < -0.4 is 0 Å². The number of carbonyl (C=O) groups excluding carboxylic acids is 2. The monoisotopic (exact) mass is 410 g/mol. The molecule has 2 saturated heterocycles. The van der Waals surface area contributed by atoms with Crippen LogP contribution >= 0.6 is 0 Å². The molecule has 8 nitrogen and oxygen atoms in total. The summed E-state index contributed by atoms with van der Waals surface area (Å²) in [5, 5.41) is 4.47. The van der Waals surface area contributed by atoms with E-state index >= 15 is 0 Å². The summed E-state index contributed by atoms with van der Waals surface area (Å²) in [4.78, 5) is 36.0. The number of pyridine rings is 1. The lowest BCUT2D eigenvalue weighted by Crippen LogP contribution is -2.51. The smallest absolute Gasteiger partial charge is 0.257 e. The largest absolute Gasteiger partial charge is 0.342 e. The molecular formula is C22H30N6O2. The minimum absolute atomic E-state index is 0.00593. The van der Waals surface area contributed by atoms with Gasteiger partial charge in [-0.05, 0) is 30.9 Å². The zero-order valence-electron chi connectivity index (χ0n) is 17.8. The first-order chi connectivity index (χ1) is 14.5. The zero-order valence-corrected chi connectivity index (χ0v) is 17.8. The second kappa shape index (κ2) is 8.95. The van der Waals surface area contributed by atoms with Crippen LogP contribution in [0.2, 0.25) is 0 Å². The van der Waals surface area contributed by atoms with E-state index in [2.05, 4.69) is 28.8 Å². The molecule has 2 aliphatic rings. The van der Waals surface area contributed by atoms with Crippen LogP contribution in [0.5, 0.6) is 0 Å². The third kappa shape index (κ3) is 4.23. The first kappa shape index (κ1) is 20.5. The van der Waals surface area contributed by atoms with Gasteiger partial charge in [0.1, 0.15) is 0 Å². The van der Waals surface area contributed by atoms with Gasteiger partial charge in [-0.3, -0.25) is 14.5 Å². The fourth-order valence-corrected chi connectivity index (χ4v) is 4.28. The average Bonchev–Trinajstić information content (AvgIpc) is 3.45. The Morgan fingerprint density at radius 2 is 1.73 bits per heavy atom. The topological polar surface area (TPSA) is 74.6 Å². The summed E-state index contributed by atoms with van der Waals surface area (Å²) < 4.78 is 1.77. The fraction of sp³-hybridized carbons (Fsp3) is 0.545. The summed E-state index contributed by atoms with van der Waals surface area (Å²) in [6, 6.07) is 5.67. The van der Waals surface area contributed by atoms with Crippen LogP contribution in [0.4, 0.5) is 0 Å². The van der Waals surface area contributed by atoms with Crippen molar-refractivity contribution in [1.82, 2.24) is 29.5 Å². The first-order valence-corrected chi connectivity index (χ1v) is 10.8. The summed E-state index contributed by atoms with van der Waals surface area (Å²) in [5.74, 6) is 1.07. The molecule has 2 amide bonds. The highest BCUT2D eigenvalue weighted by Crippen LogP contribution is 2.24. The maximum Gasteiger partial charge on any atom is 0.257 e. The number of piperazine rings is 1. The van der Waals surface area contributed by atoms with Gasteiger partial charge in [-0.2, -0.15) is 5.10 Å². The molecule has 0 bridgehead atoms. The van der Waals surface area contributed by atoms with Crippen molar-refractivity contribution < 1.29 is 9.59 Å². The highest BCUT2D eigenvalue weighted by Gasteiger charge is 2.29. The number of aromatic nitrogens is 3. The van der Waals surface area contributed by atoms with Gasteiger partial charge in [0.05, 0.1) is 24.0 Å². The van der Waals surface area contributed by atoms with E-state index in [1.807, 2.05) is 28.0 Å². The summed E-state index contributed by atoms with van der Waals surface area (Å²) in [7, 11) is 0. The zero-order chi connectivity index (χ0) is 21.1. The van der Waals surface area contributed by atoms with E-state index in [0.29, 0.717) is 31.0 Å². The second-order valence-corrected chi connectivity index (χ2v) is 8.35. The maximum atomic E-state index is 13.3. The van der Waals surface area contributed by atoms with Crippen molar-refractivity contribution in [1.29, 1.82) is 0 Å². The van der Waals surface area contributed by atoms with E-state index < -0.39 is 0 Å². The van der Waals surface area contributed by atoms with Crippen molar-refractivity contribution in [2.75, 3.05) is 45.8 Å². The molecule has 0 radical (unpaired) electrons. The van der Waals surface area contributed by atoms with Gasteiger partial charge in [-0.25, -0.2) is 9.67 Å². The Kier molecular flexibility index (Phi) is 6.13. The molecule has 0 aromatic carbocycles. The molecule has 2 aromatic rings. The van der Waals surface area contributed by atoms with Crippen LogP contribution in [0.25, 0.3) is 5.82 Å². The molecule has 30 heavy (non-hydrogen) atoms. The fourth-order valence-electron chi connectivity index (χ4n) is 4.28. The van der Waals surface area contributed by atoms with Crippen molar-refractivity contribution >= 4 is 11.8 Å². The molecular weight excluding hydrogens is 380 g/mol. The van der Waals surface area contributed by atoms with Crippen LogP contribution in [0.1, 0.15) is 48.7 Å². The molecule has 8 heteroatoms. The van der Waals surface area contributed by atoms with Crippen LogP contribution in [-0.4, -0.2) is 87.1 Å². The third-order valence-electron chi connectivity index (χ3n) is 5.93. The van der Waals surface area contributed by atoms with E-state index in [1.54, 1.807) is 17.1 Å². The molecule has 2 aliphatic heterocycles. The lowest BCUT2D eigenvalue weighted by molar-refractivity contribution is -0.131. The number of carbonyl (C=O) groups is 2. The number of rotatable bonds is 5. The molecule has 0 aliphatic carbocycles. The number of likely N-dealkylation sites (tertiary alicyclic amines) is 1. The number of amides is 2. The Bertz CT molecular complexity index is 880. The lowest BCUT2D eigenvalue weighted by atomic mass is 10.0. The normalized spacial score (nSPS) is 17.7. The van der Waals surface area contributed by atoms with Crippen LogP contribution in [0.15, 0.2) is 30.6 Å². The molecule has 160 valence electrons. The van der Waals surface area contributed by atoms with Gasteiger partial charge >= 0.3 is 0 Å². The Labute approximate surface area is 177 Å². The lowest BCUT2D eigenvalue weighted by Gasteiger charge is -2.35. The molecule has 0 unspecified atom stereocenters. The molecule has 0 saturated carbocycles. The van der Waals surface area contributed by atoms with Gasteiger partial charge in [0.2, 0.25) is 5.91 Å². The number of hydrogen-bond donors (Lipinski definition) is 0. The van der Waals surface area contributed by atoms with E-state index in [4.69, 9.17) is 0 Å². The van der Waals surface area contributed by atoms with Gasteiger partial charge in [0.15, 0.2) is 5.82 Å². The van der Waals surface area contributed by atoms with Crippen molar-refractivity contribution in [2.24, 2.45) is 0 Å². The minimum Gasteiger partial charge on any atom is -0.342 e. The summed E-state index contributed by atoms with van der Waals surface area (Å²) in [5.41, 5.74) is 1.52. The second-order valence-electron chi connectivity index (χ2n) is 8.35. The predicted molar refractivity (Wildman–Crippen MR) is 114 cm³/mol. The average molecular weight is 411 g/mol. The van der Waals surface area contributed by atoms with E-state index in [9.17, 15) is 9.59 Å². The van der Waals surface area contributed by atoms with Gasteiger partial charge in [-0.1, -0.05) is 19.9 Å². The molecule has 0 spiro atoms. The number of hydrogen-bond acceptors (Lipinski definition) is 5. The van der Waals surface area contributed by atoms with Gasteiger partial charge in [-0.15, -0.1) is 0 Å². The quantitative estimate of drug-likeness (QED) is 0.751. The predicted octanol–water partition coefficient (Wildman–Crippen LogP) is 1.77. The standard InChI is InChI=1S/C22H30N6O2/c1-17(2)21-18(15-24-28(21)19-7-3-4-8-23-19)22(30)27-13-11-25(12-14-27)16-20(29)26-9-5-6-10-26/h3-4,7-8,15,17H,5-6,9-14,16H2,1-2H3. The SMILES string of the molecule is CC(C)c1c(C(=O)N2CCN(CC(=O)N3CCCC3)CC2)cnn1-c1ccccn1. The number of nitrogens with zero attached hydrogens (tertiary/aromatic N) is 6. The van der Waals surface area contributed by atoms with Crippen LogP contribution in [0.3, 0.4) is 0 Å². The molecule has 0 atom stereocenters. The van der Waals surface area contributed by atoms with Crippen LogP contribution in [0, 0.1) is 0 Å². The van der Waals surface area contributed by atoms with Crippen molar-refractivity contribution in [2.45, 2.75) is 32.6 Å². The van der Waals surface area contributed by atoms with Crippen molar-refractivity contribution in [3.63, 3.8) is 0 Å². The summed E-state index contributed by atoms with van der Waals surface area (Å²) in [6.07, 6.45) is 5.61. The first-order valence-electron chi connectivity index (χ1n) is 10.8. The Hall–Kier alpha value is -2.74. The molecule has 0 N–H and O–H groups in total. The van der Waals surface area contributed by atoms with Gasteiger partial charge < -0.3 is 9.80 Å². The van der Waals surface area contributed by atoms with Crippen molar-refractivity contribution in [3.8, 4) is 5.82 Å². The van der Waals surface area contributed by atoms with Crippen LogP contribution in [-0.2, 0) is 4.79 Å². The highest BCUT2D eigenvalue weighted by molar-refractivity contribution is 5.95. The van der Waals surface area contributed by atoms with E-state index in [0.717, 1.165) is 44.7 Å². The molecule has 4 rings (SSSR count). The van der Waals surface area contributed by atoms with Crippen molar-refractivity contribution in [3.05, 3.63) is 41.9 Å². The summed E-state index contributed by atoms with van der Waals surface area (Å²) in [6.45, 7) is 9.04.